The minimum Gasteiger partial charge on any atom is -0.479 e. The molecule has 0 aromatic heterocycles. The summed E-state index contributed by atoms with van der Waals surface area (Å²) in [5.74, 6) is -0.210. The Balaban J connectivity index is 1.42. The fourth-order valence-electron chi connectivity index (χ4n) is 3.80. The Morgan fingerprint density at radius 2 is 1.87 bits per heavy atom. The van der Waals surface area contributed by atoms with Crippen LogP contribution in [0.4, 0.5) is 11.4 Å². The number of carbonyl (C=O) groups is 2. The number of para-hydroxylation sites is 1. The topological polar surface area (TPSA) is 105 Å². The lowest BCUT2D eigenvalue weighted by Gasteiger charge is -2.31. The molecule has 1 saturated heterocycles. The third kappa shape index (κ3) is 4.28. The summed E-state index contributed by atoms with van der Waals surface area (Å²) in [5, 5.41) is 5.62. The lowest BCUT2D eigenvalue weighted by molar-refractivity contribution is -0.123. The molecule has 0 bridgehead atoms. The van der Waals surface area contributed by atoms with E-state index in [0.717, 1.165) is 11.3 Å². The molecule has 2 aromatic rings. The van der Waals surface area contributed by atoms with Gasteiger partial charge in [0.25, 0.3) is 5.91 Å². The fraction of sp³-hybridized carbons (Fsp3) is 0.364. The van der Waals surface area contributed by atoms with Gasteiger partial charge in [0.1, 0.15) is 5.75 Å². The Morgan fingerprint density at radius 1 is 1.16 bits per heavy atom. The first-order valence-electron chi connectivity index (χ1n) is 10.2. The fourth-order valence-corrected chi connectivity index (χ4v) is 5.30. The highest BCUT2D eigenvalue weighted by atomic mass is 32.2. The van der Waals surface area contributed by atoms with Gasteiger partial charge in [-0.25, -0.2) is 8.42 Å². The van der Waals surface area contributed by atoms with Crippen molar-refractivity contribution in [3.05, 3.63) is 48.0 Å². The summed E-state index contributed by atoms with van der Waals surface area (Å²) in [6, 6.07) is 12.0. The third-order valence-electron chi connectivity index (χ3n) is 5.75. The second-order valence-electron chi connectivity index (χ2n) is 7.89. The van der Waals surface area contributed by atoms with Crippen molar-refractivity contribution < 1.29 is 22.7 Å². The third-order valence-corrected chi connectivity index (χ3v) is 7.64. The number of ether oxygens (including phenoxy) is 1. The van der Waals surface area contributed by atoms with Crippen LogP contribution in [0, 0.1) is 12.8 Å². The van der Waals surface area contributed by atoms with Crippen LogP contribution >= 0.6 is 0 Å². The number of anilines is 2. The molecule has 0 spiro atoms. The Hall–Kier alpha value is -2.91. The molecule has 2 heterocycles. The lowest BCUT2D eigenvalue weighted by atomic mass is 9.97. The zero-order valence-electron chi connectivity index (χ0n) is 17.4. The summed E-state index contributed by atoms with van der Waals surface area (Å²) in [4.78, 5) is 24.6. The molecule has 8 nitrogen and oxygen atoms in total. The van der Waals surface area contributed by atoms with Crippen molar-refractivity contribution in [2.24, 2.45) is 5.92 Å². The van der Waals surface area contributed by atoms with E-state index in [1.54, 1.807) is 13.0 Å². The summed E-state index contributed by atoms with van der Waals surface area (Å²) >= 11 is 0. The molecule has 1 atom stereocenters. The van der Waals surface area contributed by atoms with Gasteiger partial charge in [-0.2, -0.15) is 4.31 Å². The number of benzene rings is 2. The normalized spacial score (nSPS) is 19.8. The van der Waals surface area contributed by atoms with E-state index in [1.807, 2.05) is 31.2 Å². The summed E-state index contributed by atoms with van der Waals surface area (Å²) in [6.07, 6.45) is 0.262. The Kier molecular flexibility index (Phi) is 5.72. The molecule has 0 radical (unpaired) electrons. The van der Waals surface area contributed by atoms with E-state index in [9.17, 15) is 18.0 Å². The maximum atomic E-state index is 13.1. The van der Waals surface area contributed by atoms with Gasteiger partial charge in [-0.3, -0.25) is 9.59 Å². The number of aryl methyl sites for hydroxylation is 1. The maximum Gasteiger partial charge on any atom is 0.265 e. The number of hydrogen-bond donors (Lipinski definition) is 2. The highest BCUT2D eigenvalue weighted by Gasteiger charge is 2.33. The number of piperidine rings is 1. The van der Waals surface area contributed by atoms with Crippen LogP contribution in [-0.4, -0.2) is 43.7 Å². The second-order valence-corrected chi connectivity index (χ2v) is 9.83. The van der Waals surface area contributed by atoms with Crippen LogP contribution in [0.2, 0.25) is 0 Å². The lowest BCUT2D eigenvalue weighted by Crippen LogP contribution is -2.41. The first kappa shape index (κ1) is 21.3. The highest BCUT2D eigenvalue weighted by molar-refractivity contribution is 7.89. The number of rotatable bonds is 4. The zero-order valence-corrected chi connectivity index (χ0v) is 18.2. The zero-order chi connectivity index (χ0) is 22.2. The van der Waals surface area contributed by atoms with Crippen molar-refractivity contribution >= 4 is 33.2 Å². The van der Waals surface area contributed by atoms with Crippen LogP contribution in [0.25, 0.3) is 0 Å². The molecule has 2 aliphatic heterocycles. The minimum atomic E-state index is -3.75. The molecule has 2 aliphatic rings. The van der Waals surface area contributed by atoms with Crippen molar-refractivity contribution in [2.75, 3.05) is 23.7 Å². The van der Waals surface area contributed by atoms with Crippen molar-refractivity contribution in [3.63, 3.8) is 0 Å². The predicted molar refractivity (Wildman–Crippen MR) is 116 cm³/mol. The number of nitrogens with one attached hydrogen (secondary N) is 2. The van der Waals surface area contributed by atoms with Gasteiger partial charge in [0, 0.05) is 24.7 Å². The van der Waals surface area contributed by atoms with E-state index in [4.69, 9.17) is 4.74 Å². The van der Waals surface area contributed by atoms with Crippen molar-refractivity contribution in [2.45, 2.75) is 37.7 Å². The molecule has 1 fully saturated rings. The van der Waals surface area contributed by atoms with E-state index in [2.05, 4.69) is 10.6 Å². The molecule has 2 aromatic carbocycles. The van der Waals surface area contributed by atoms with Crippen LogP contribution in [0.5, 0.6) is 5.75 Å². The molecule has 0 aliphatic carbocycles. The average molecular weight is 444 g/mol. The number of fused-ring (bicyclic) bond motifs is 1. The number of sulfonamides is 1. The van der Waals surface area contributed by atoms with Crippen LogP contribution in [0.3, 0.4) is 0 Å². The van der Waals surface area contributed by atoms with Crippen molar-refractivity contribution in [1.29, 1.82) is 0 Å². The van der Waals surface area contributed by atoms with Gasteiger partial charge in [-0.15, -0.1) is 0 Å². The minimum absolute atomic E-state index is 0.0888. The molecule has 0 unspecified atom stereocenters. The molecule has 9 heteroatoms. The van der Waals surface area contributed by atoms with E-state index < -0.39 is 16.1 Å². The number of carbonyl (C=O) groups excluding carboxylic acids is 2. The molecular formula is C22H25N3O5S. The summed E-state index contributed by atoms with van der Waals surface area (Å²) in [6.45, 7) is 4.07. The van der Waals surface area contributed by atoms with Gasteiger partial charge >= 0.3 is 0 Å². The molecule has 0 saturated carbocycles. The van der Waals surface area contributed by atoms with Crippen LogP contribution < -0.4 is 15.4 Å². The van der Waals surface area contributed by atoms with E-state index in [-0.39, 0.29) is 35.7 Å². The maximum absolute atomic E-state index is 13.1. The predicted octanol–water partition coefficient (Wildman–Crippen LogP) is 2.75. The monoisotopic (exact) mass is 443 g/mol. The van der Waals surface area contributed by atoms with E-state index >= 15 is 0 Å². The van der Waals surface area contributed by atoms with Crippen LogP contribution in [-0.2, 0) is 19.6 Å². The number of hydrogen-bond acceptors (Lipinski definition) is 5. The Labute approximate surface area is 181 Å². The first-order valence-corrected chi connectivity index (χ1v) is 11.7. The van der Waals surface area contributed by atoms with Crippen molar-refractivity contribution in [1.82, 2.24) is 4.31 Å². The van der Waals surface area contributed by atoms with Crippen LogP contribution in [0.15, 0.2) is 47.4 Å². The Bertz CT molecular complexity index is 1120. The van der Waals surface area contributed by atoms with Gasteiger partial charge in [0.15, 0.2) is 6.10 Å². The largest absolute Gasteiger partial charge is 0.479 e. The number of amides is 2. The standard InChI is InChI=1S/C22H25N3O5S/c1-14-5-3-4-6-18(14)23-22(27)16-9-11-25(12-10-16)31(28,29)17-7-8-20-19(13-17)24-21(26)15(2)30-20/h3-8,13,15-16H,9-12H2,1-2H3,(H,23,27)(H,24,26)/t15-/m0/s1. The van der Waals surface area contributed by atoms with Crippen molar-refractivity contribution in [3.8, 4) is 5.75 Å². The molecular weight excluding hydrogens is 418 g/mol. The average Bonchev–Trinajstić information content (AvgIpc) is 2.76. The molecule has 31 heavy (non-hydrogen) atoms. The summed E-state index contributed by atoms with van der Waals surface area (Å²) < 4.78 is 33.1. The van der Waals surface area contributed by atoms with Gasteiger partial charge in [0.05, 0.1) is 10.6 Å². The van der Waals surface area contributed by atoms with Gasteiger partial charge in [-0.1, -0.05) is 18.2 Å². The van der Waals surface area contributed by atoms with E-state index in [1.165, 1.54) is 16.4 Å². The molecule has 2 amide bonds. The van der Waals surface area contributed by atoms with Gasteiger partial charge < -0.3 is 15.4 Å². The summed E-state index contributed by atoms with van der Waals surface area (Å²) in [5.41, 5.74) is 2.10. The van der Waals surface area contributed by atoms with E-state index in [0.29, 0.717) is 24.3 Å². The molecule has 4 rings (SSSR count). The highest BCUT2D eigenvalue weighted by Crippen LogP contribution is 2.33. The molecule has 2 N–H and O–H groups in total. The summed E-state index contributed by atoms with van der Waals surface area (Å²) in [7, 11) is -3.75. The van der Waals surface area contributed by atoms with Gasteiger partial charge in [0.2, 0.25) is 15.9 Å². The van der Waals surface area contributed by atoms with Gasteiger partial charge in [-0.05, 0) is 56.5 Å². The SMILES string of the molecule is Cc1ccccc1NC(=O)C1CCN(S(=O)(=O)c2ccc3c(c2)NC(=O)[C@H](C)O3)CC1. The van der Waals surface area contributed by atoms with Crippen LogP contribution in [0.1, 0.15) is 25.3 Å². The Morgan fingerprint density at radius 3 is 2.58 bits per heavy atom. The smallest absolute Gasteiger partial charge is 0.265 e. The first-order chi connectivity index (χ1) is 14.8. The molecule has 164 valence electrons. The number of nitrogens with zero attached hydrogens (tertiary/aromatic N) is 1. The second kappa shape index (κ2) is 8.32. The quantitative estimate of drug-likeness (QED) is 0.756.